The van der Waals surface area contributed by atoms with Crippen LogP contribution in [-0.4, -0.2) is 55.1 Å². The molecule has 5 rings (SSSR count). The lowest BCUT2D eigenvalue weighted by molar-refractivity contribution is 0.0927. The van der Waals surface area contributed by atoms with E-state index >= 15 is 0 Å². The van der Waals surface area contributed by atoms with Gasteiger partial charge < -0.3 is 14.2 Å². The zero-order valence-electron chi connectivity index (χ0n) is 19.9. The molecular formula is C29H31N3O2. The van der Waals surface area contributed by atoms with Crippen molar-refractivity contribution in [2.24, 2.45) is 0 Å². The second-order valence-electron chi connectivity index (χ2n) is 8.94. The number of hydrogen-bond acceptors (Lipinski definition) is 4. The molecule has 0 amide bonds. The monoisotopic (exact) mass is 453 g/mol. The molecule has 1 aromatic heterocycles. The van der Waals surface area contributed by atoms with Crippen LogP contribution in [0, 0.1) is 6.92 Å². The normalized spacial score (nSPS) is 14.5. The number of methoxy groups -OCH3 is 1. The van der Waals surface area contributed by atoms with Crippen molar-refractivity contribution in [3.8, 4) is 5.75 Å². The second kappa shape index (κ2) is 9.74. The standard InChI is InChI=1S/C29H31N3O2/c1-22-29(28(33)21-30-15-17-31(18-16-30)24-11-7-4-8-12-24)26-19-25(34-2)13-14-27(26)32(22)20-23-9-5-3-6-10-23/h3-14,19H,15-18,20-21H2,1-2H3. The van der Waals surface area contributed by atoms with Gasteiger partial charge in [0, 0.05) is 60.6 Å². The smallest absolute Gasteiger partial charge is 0.179 e. The predicted octanol–water partition coefficient (Wildman–Crippen LogP) is 5.01. The van der Waals surface area contributed by atoms with Crippen molar-refractivity contribution in [1.82, 2.24) is 9.47 Å². The van der Waals surface area contributed by atoms with E-state index in [9.17, 15) is 4.79 Å². The van der Waals surface area contributed by atoms with Gasteiger partial charge in [0.05, 0.1) is 13.7 Å². The molecular weight excluding hydrogens is 422 g/mol. The Bertz CT molecular complexity index is 1270. The fraction of sp³-hybridized carbons (Fsp3) is 0.276. The van der Waals surface area contributed by atoms with Crippen LogP contribution in [0.4, 0.5) is 5.69 Å². The molecule has 0 bridgehead atoms. The molecule has 0 N–H and O–H groups in total. The molecule has 3 aromatic carbocycles. The lowest BCUT2D eigenvalue weighted by Gasteiger charge is -2.35. The van der Waals surface area contributed by atoms with E-state index in [1.807, 2.05) is 24.3 Å². The number of fused-ring (bicyclic) bond motifs is 1. The van der Waals surface area contributed by atoms with Crippen LogP contribution in [0.25, 0.3) is 10.9 Å². The van der Waals surface area contributed by atoms with Crippen LogP contribution in [0.15, 0.2) is 78.9 Å². The Hall–Kier alpha value is -3.57. The van der Waals surface area contributed by atoms with Gasteiger partial charge >= 0.3 is 0 Å². The number of anilines is 1. The van der Waals surface area contributed by atoms with E-state index in [-0.39, 0.29) is 5.78 Å². The van der Waals surface area contributed by atoms with Crippen LogP contribution < -0.4 is 9.64 Å². The molecule has 1 saturated heterocycles. The van der Waals surface area contributed by atoms with E-state index < -0.39 is 0 Å². The highest BCUT2D eigenvalue weighted by molar-refractivity contribution is 6.10. The minimum Gasteiger partial charge on any atom is -0.497 e. The van der Waals surface area contributed by atoms with Crippen LogP contribution in [-0.2, 0) is 6.54 Å². The Morgan fingerprint density at radius 3 is 2.24 bits per heavy atom. The van der Waals surface area contributed by atoms with Gasteiger partial charge in [-0.25, -0.2) is 0 Å². The number of ketones is 1. The first-order chi connectivity index (χ1) is 16.6. The number of para-hydroxylation sites is 1. The van der Waals surface area contributed by atoms with Crippen molar-refractivity contribution in [3.63, 3.8) is 0 Å². The van der Waals surface area contributed by atoms with Crippen molar-refractivity contribution in [3.05, 3.63) is 95.7 Å². The SMILES string of the molecule is COc1ccc2c(c1)c(C(=O)CN1CCN(c3ccccc3)CC1)c(C)n2Cc1ccccc1. The number of nitrogens with zero attached hydrogens (tertiary/aromatic N) is 3. The molecule has 5 heteroatoms. The number of aromatic nitrogens is 1. The van der Waals surface area contributed by atoms with Crippen LogP contribution >= 0.6 is 0 Å². The van der Waals surface area contributed by atoms with Crippen molar-refractivity contribution in [2.75, 3.05) is 44.7 Å². The molecule has 1 aliphatic heterocycles. The number of piperazine rings is 1. The molecule has 0 saturated carbocycles. The molecule has 0 unspecified atom stereocenters. The van der Waals surface area contributed by atoms with Crippen molar-refractivity contribution in [2.45, 2.75) is 13.5 Å². The summed E-state index contributed by atoms with van der Waals surface area (Å²) in [6, 6.07) is 26.9. The van der Waals surface area contributed by atoms with E-state index in [0.717, 1.165) is 60.6 Å². The number of benzene rings is 3. The molecule has 5 nitrogen and oxygen atoms in total. The van der Waals surface area contributed by atoms with Crippen molar-refractivity contribution < 1.29 is 9.53 Å². The maximum absolute atomic E-state index is 13.7. The number of carbonyl (C=O) groups excluding carboxylic acids is 1. The molecule has 0 spiro atoms. The average molecular weight is 454 g/mol. The highest BCUT2D eigenvalue weighted by Crippen LogP contribution is 2.31. The number of carbonyl (C=O) groups is 1. The predicted molar refractivity (Wildman–Crippen MR) is 138 cm³/mol. The van der Waals surface area contributed by atoms with Gasteiger partial charge in [0.15, 0.2) is 5.78 Å². The fourth-order valence-corrected chi connectivity index (χ4v) is 5.00. The molecule has 1 aliphatic rings. The third-order valence-electron chi connectivity index (χ3n) is 6.85. The van der Waals surface area contributed by atoms with Crippen molar-refractivity contribution in [1.29, 1.82) is 0 Å². The van der Waals surface area contributed by atoms with Crippen molar-refractivity contribution >= 4 is 22.4 Å². The van der Waals surface area contributed by atoms with E-state index in [1.165, 1.54) is 11.3 Å². The zero-order valence-corrected chi connectivity index (χ0v) is 19.9. The maximum Gasteiger partial charge on any atom is 0.179 e. The van der Waals surface area contributed by atoms with Gasteiger partial charge in [-0.3, -0.25) is 9.69 Å². The first kappa shape index (κ1) is 22.2. The first-order valence-corrected chi connectivity index (χ1v) is 11.9. The lowest BCUT2D eigenvalue weighted by Crippen LogP contribution is -2.48. The van der Waals surface area contributed by atoms with E-state index in [2.05, 4.69) is 75.9 Å². The topological polar surface area (TPSA) is 37.7 Å². The fourth-order valence-electron chi connectivity index (χ4n) is 5.00. The summed E-state index contributed by atoms with van der Waals surface area (Å²) in [4.78, 5) is 18.3. The van der Waals surface area contributed by atoms with E-state index in [4.69, 9.17) is 4.74 Å². The van der Waals surface area contributed by atoms with E-state index in [1.54, 1.807) is 7.11 Å². The highest BCUT2D eigenvalue weighted by Gasteiger charge is 2.24. The van der Waals surface area contributed by atoms with Gasteiger partial charge in [0.25, 0.3) is 0 Å². The molecule has 0 radical (unpaired) electrons. The van der Waals surface area contributed by atoms with Gasteiger partial charge in [-0.2, -0.15) is 0 Å². The van der Waals surface area contributed by atoms with Crippen LogP contribution in [0.5, 0.6) is 5.75 Å². The van der Waals surface area contributed by atoms with Gasteiger partial charge in [0.1, 0.15) is 5.75 Å². The van der Waals surface area contributed by atoms with Gasteiger partial charge in [-0.15, -0.1) is 0 Å². The molecule has 0 atom stereocenters. The Morgan fingerprint density at radius 2 is 1.56 bits per heavy atom. The summed E-state index contributed by atoms with van der Waals surface area (Å²) < 4.78 is 7.75. The van der Waals surface area contributed by atoms with Gasteiger partial charge in [-0.1, -0.05) is 48.5 Å². The lowest BCUT2D eigenvalue weighted by atomic mass is 10.1. The van der Waals surface area contributed by atoms with Gasteiger partial charge in [-0.05, 0) is 42.8 Å². The molecule has 2 heterocycles. The Labute approximate surface area is 201 Å². The zero-order chi connectivity index (χ0) is 23.5. The molecule has 4 aromatic rings. The summed E-state index contributed by atoms with van der Waals surface area (Å²) in [5.74, 6) is 0.950. The third-order valence-corrected chi connectivity index (χ3v) is 6.85. The Balaban J connectivity index is 1.39. The third kappa shape index (κ3) is 4.44. The minimum atomic E-state index is 0.177. The van der Waals surface area contributed by atoms with Crippen LogP contribution in [0.3, 0.4) is 0 Å². The van der Waals surface area contributed by atoms with Gasteiger partial charge in [0.2, 0.25) is 0 Å². The highest BCUT2D eigenvalue weighted by atomic mass is 16.5. The quantitative estimate of drug-likeness (QED) is 0.369. The summed E-state index contributed by atoms with van der Waals surface area (Å²) >= 11 is 0. The summed E-state index contributed by atoms with van der Waals surface area (Å²) in [6.07, 6.45) is 0. The summed E-state index contributed by atoms with van der Waals surface area (Å²) in [7, 11) is 1.67. The van der Waals surface area contributed by atoms with Crippen LogP contribution in [0.1, 0.15) is 21.6 Å². The minimum absolute atomic E-state index is 0.177. The largest absolute Gasteiger partial charge is 0.497 e. The molecule has 174 valence electrons. The molecule has 1 fully saturated rings. The molecule has 34 heavy (non-hydrogen) atoms. The van der Waals surface area contributed by atoms with Crippen LogP contribution in [0.2, 0.25) is 0 Å². The first-order valence-electron chi connectivity index (χ1n) is 11.9. The second-order valence-corrected chi connectivity index (χ2v) is 8.94. The number of ether oxygens (including phenoxy) is 1. The number of hydrogen-bond donors (Lipinski definition) is 0. The molecule has 0 aliphatic carbocycles. The number of Topliss-reactive ketones (excluding diaryl/α,β-unsaturated/α-hetero) is 1. The summed E-state index contributed by atoms with van der Waals surface area (Å²) in [5.41, 5.74) is 5.37. The Morgan fingerprint density at radius 1 is 0.882 bits per heavy atom. The summed E-state index contributed by atoms with van der Waals surface area (Å²) in [5, 5.41) is 0.973. The Kier molecular flexibility index (Phi) is 6.37. The summed E-state index contributed by atoms with van der Waals surface area (Å²) in [6.45, 7) is 6.86. The number of rotatable bonds is 7. The maximum atomic E-state index is 13.7. The van der Waals surface area contributed by atoms with E-state index in [0.29, 0.717) is 6.54 Å². The average Bonchev–Trinajstić information content (AvgIpc) is 3.16.